The summed E-state index contributed by atoms with van der Waals surface area (Å²) in [6, 6.07) is 9.08. The lowest BCUT2D eigenvalue weighted by molar-refractivity contribution is -0.145. The van der Waals surface area contributed by atoms with Crippen LogP contribution in [0.15, 0.2) is 30.3 Å². The second-order valence-corrected chi connectivity index (χ2v) is 8.38. The molecule has 1 rings (SSSR count). The Balaban J connectivity index is 2.49. The van der Waals surface area contributed by atoms with Gasteiger partial charge in [0.1, 0.15) is 12.2 Å². The van der Waals surface area contributed by atoms with Gasteiger partial charge in [-0.15, -0.1) is 11.8 Å². The SMILES string of the molecule is CCOC(=O)CSC[C@H](CCC(=O)OCc1ccccc1)NC(=O)OC(C)(C)C. The maximum absolute atomic E-state index is 12.1. The molecule has 0 aromatic heterocycles. The van der Waals surface area contributed by atoms with Crippen molar-refractivity contribution in [2.45, 2.75) is 58.8 Å². The summed E-state index contributed by atoms with van der Waals surface area (Å²) in [5.41, 5.74) is 0.288. The quantitative estimate of drug-likeness (QED) is 0.427. The van der Waals surface area contributed by atoms with E-state index in [1.54, 1.807) is 27.7 Å². The maximum Gasteiger partial charge on any atom is 0.407 e. The van der Waals surface area contributed by atoms with E-state index in [1.165, 1.54) is 11.8 Å². The number of carbonyl (C=O) groups is 3. The van der Waals surface area contributed by atoms with Gasteiger partial charge >= 0.3 is 18.0 Å². The van der Waals surface area contributed by atoms with Crippen molar-refractivity contribution in [2.24, 2.45) is 0 Å². The Morgan fingerprint density at radius 2 is 1.76 bits per heavy atom. The number of nitrogens with one attached hydrogen (secondary N) is 1. The van der Waals surface area contributed by atoms with E-state index in [4.69, 9.17) is 14.2 Å². The zero-order valence-corrected chi connectivity index (χ0v) is 18.4. The molecule has 1 amide bonds. The summed E-state index contributed by atoms with van der Waals surface area (Å²) in [5, 5.41) is 2.77. The predicted octanol–water partition coefficient (Wildman–Crippen LogP) is 3.70. The zero-order valence-electron chi connectivity index (χ0n) is 17.6. The molecule has 0 unspecified atom stereocenters. The fraction of sp³-hybridized carbons (Fsp3) is 0.571. The number of esters is 2. The number of hydrogen-bond acceptors (Lipinski definition) is 7. The first-order chi connectivity index (χ1) is 13.7. The van der Waals surface area contributed by atoms with E-state index >= 15 is 0 Å². The third-order valence-electron chi connectivity index (χ3n) is 3.50. The molecule has 0 bridgehead atoms. The van der Waals surface area contributed by atoms with Crippen LogP contribution in [0.1, 0.15) is 46.1 Å². The number of hydrogen-bond donors (Lipinski definition) is 1. The molecule has 0 saturated carbocycles. The Morgan fingerprint density at radius 1 is 1.07 bits per heavy atom. The third-order valence-corrected chi connectivity index (χ3v) is 4.58. The molecule has 0 aliphatic heterocycles. The standard InChI is InChI=1S/C21H31NO6S/c1-5-26-19(24)15-29-14-17(22-20(25)28-21(2,3)4)11-12-18(23)27-13-16-9-7-6-8-10-16/h6-10,17H,5,11-15H2,1-4H3,(H,22,25)/t17-/m0/s1. The van der Waals surface area contributed by atoms with Crippen LogP contribution in [0.2, 0.25) is 0 Å². The molecule has 0 aliphatic carbocycles. The van der Waals surface area contributed by atoms with Crippen molar-refractivity contribution in [3.05, 3.63) is 35.9 Å². The van der Waals surface area contributed by atoms with E-state index < -0.39 is 11.7 Å². The summed E-state index contributed by atoms with van der Waals surface area (Å²) in [5.74, 6) is -0.0287. The van der Waals surface area contributed by atoms with Gasteiger partial charge in [-0.05, 0) is 39.7 Å². The smallest absolute Gasteiger partial charge is 0.407 e. The van der Waals surface area contributed by atoms with Crippen LogP contribution in [0.25, 0.3) is 0 Å². The van der Waals surface area contributed by atoms with Gasteiger partial charge in [0.2, 0.25) is 0 Å². The van der Waals surface area contributed by atoms with Gasteiger partial charge in [-0.2, -0.15) is 0 Å². The van der Waals surface area contributed by atoms with Gasteiger partial charge < -0.3 is 19.5 Å². The van der Waals surface area contributed by atoms with Gasteiger partial charge in [0.25, 0.3) is 0 Å². The predicted molar refractivity (Wildman–Crippen MR) is 113 cm³/mol. The van der Waals surface area contributed by atoms with Crippen molar-refractivity contribution in [3.63, 3.8) is 0 Å². The maximum atomic E-state index is 12.1. The first kappa shape index (κ1) is 24.8. The summed E-state index contributed by atoms with van der Waals surface area (Å²) >= 11 is 1.33. The summed E-state index contributed by atoms with van der Waals surface area (Å²) in [7, 11) is 0. The summed E-state index contributed by atoms with van der Waals surface area (Å²) in [4.78, 5) is 35.6. The monoisotopic (exact) mass is 425 g/mol. The molecule has 1 atom stereocenters. The average Bonchev–Trinajstić information content (AvgIpc) is 2.63. The van der Waals surface area contributed by atoms with Crippen LogP contribution in [-0.4, -0.2) is 47.8 Å². The van der Waals surface area contributed by atoms with Crippen LogP contribution in [0.3, 0.4) is 0 Å². The van der Waals surface area contributed by atoms with Crippen LogP contribution in [0.5, 0.6) is 0 Å². The molecule has 8 heteroatoms. The number of amides is 1. The highest BCUT2D eigenvalue weighted by atomic mass is 32.2. The van der Waals surface area contributed by atoms with Gasteiger partial charge in [-0.1, -0.05) is 30.3 Å². The van der Waals surface area contributed by atoms with Crippen LogP contribution >= 0.6 is 11.8 Å². The van der Waals surface area contributed by atoms with Crippen LogP contribution in [0, 0.1) is 0 Å². The van der Waals surface area contributed by atoms with Crippen molar-refractivity contribution in [1.82, 2.24) is 5.32 Å². The van der Waals surface area contributed by atoms with Gasteiger partial charge in [-0.25, -0.2) is 4.79 Å². The number of ether oxygens (including phenoxy) is 3. The Morgan fingerprint density at radius 3 is 2.38 bits per heavy atom. The minimum absolute atomic E-state index is 0.146. The Kier molecular flexibility index (Phi) is 11.2. The molecule has 0 heterocycles. The lowest BCUT2D eigenvalue weighted by atomic mass is 10.2. The Labute approximate surface area is 176 Å². The molecule has 1 aromatic rings. The highest BCUT2D eigenvalue weighted by Gasteiger charge is 2.21. The number of rotatable bonds is 11. The van der Waals surface area contributed by atoms with Crippen LogP contribution in [0.4, 0.5) is 4.79 Å². The Hall–Kier alpha value is -2.22. The van der Waals surface area contributed by atoms with E-state index in [2.05, 4.69) is 5.32 Å². The van der Waals surface area contributed by atoms with E-state index in [-0.39, 0.29) is 36.8 Å². The van der Waals surface area contributed by atoms with Crippen molar-refractivity contribution in [2.75, 3.05) is 18.1 Å². The van der Waals surface area contributed by atoms with Crippen LogP contribution < -0.4 is 5.32 Å². The summed E-state index contributed by atoms with van der Waals surface area (Å²) in [6.07, 6.45) is -0.0347. The van der Waals surface area contributed by atoms with Gasteiger partial charge in [0, 0.05) is 18.2 Å². The average molecular weight is 426 g/mol. The lowest BCUT2D eigenvalue weighted by Gasteiger charge is -2.23. The largest absolute Gasteiger partial charge is 0.465 e. The van der Waals surface area contributed by atoms with Crippen molar-refractivity contribution in [1.29, 1.82) is 0 Å². The second kappa shape index (κ2) is 13.1. The second-order valence-electron chi connectivity index (χ2n) is 7.35. The minimum atomic E-state index is -0.624. The lowest BCUT2D eigenvalue weighted by Crippen LogP contribution is -2.41. The number of alkyl carbamates (subject to hydrolysis) is 1. The van der Waals surface area contributed by atoms with Gasteiger partial charge in [-0.3, -0.25) is 9.59 Å². The first-order valence-corrected chi connectivity index (χ1v) is 10.8. The van der Waals surface area contributed by atoms with Crippen molar-refractivity contribution < 1.29 is 28.6 Å². The fourth-order valence-corrected chi connectivity index (χ4v) is 3.16. The number of thioether (sulfide) groups is 1. The molecule has 0 aliphatic rings. The Bertz CT molecular complexity index is 644. The molecular formula is C21H31NO6S. The molecule has 1 aromatic carbocycles. The highest BCUT2D eigenvalue weighted by Crippen LogP contribution is 2.12. The number of carbonyl (C=O) groups excluding carboxylic acids is 3. The molecule has 0 spiro atoms. The molecule has 1 N–H and O–H groups in total. The summed E-state index contributed by atoms with van der Waals surface area (Å²) < 4.78 is 15.5. The normalized spacial score (nSPS) is 12.0. The van der Waals surface area contributed by atoms with Gasteiger partial charge in [0.05, 0.1) is 12.4 Å². The molecule has 29 heavy (non-hydrogen) atoms. The van der Waals surface area contributed by atoms with Crippen molar-refractivity contribution in [3.8, 4) is 0 Å². The molecule has 162 valence electrons. The first-order valence-electron chi connectivity index (χ1n) is 9.62. The van der Waals surface area contributed by atoms with Crippen molar-refractivity contribution >= 4 is 29.8 Å². The fourth-order valence-electron chi connectivity index (χ4n) is 2.26. The molecule has 0 radical (unpaired) electrons. The van der Waals surface area contributed by atoms with E-state index in [0.29, 0.717) is 18.8 Å². The molecule has 0 saturated heterocycles. The molecule has 0 fully saturated rings. The third kappa shape index (κ3) is 12.8. The molecular weight excluding hydrogens is 394 g/mol. The van der Waals surface area contributed by atoms with E-state index in [1.807, 2.05) is 30.3 Å². The summed E-state index contributed by atoms with van der Waals surface area (Å²) in [6.45, 7) is 7.61. The van der Waals surface area contributed by atoms with E-state index in [9.17, 15) is 14.4 Å². The number of benzene rings is 1. The minimum Gasteiger partial charge on any atom is -0.465 e. The van der Waals surface area contributed by atoms with E-state index in [0.717, 1.165) is 5.56 Å². The highest BCUT2D eigenvalue weighted by molar-refractivity contribution is 7.99. The molecule has 7 nitrogen and oxygen atoms in total. The topological polar surface area (TPSA) is 90.9 Å². The van der Waals surface area contributed by atoms with Crippen LogP contribution in [-0.2, 0) is 30.4 Å². The van der Waals surface area contributed by atoms with Gasteiger partial charge in [0.15, 0.2) is 0 Å². The zero-order chi connectivity index (χ0) is 21.7.